The van der Waals surface area contributed by atoms with Crippen molar-refractivity contribution >= 4 is 21.7 Å². The van der Waals surface area contributed by atoms with E-state index in [4.69, 9.17) is 4.74 Å². The average molecular weight is 587 g/mol. The van der Waals surface area contributed by atoms with E-state index in [1.165, 1.54) is 42.6 Å². The van der Waals surface area contributed by atoms with Crippen LogP contribution >= 0.6 is 0 Å². The molecule has 7 nitrogen and oxygen atoms in total. The predicted octanol–water partition coefficient (Wildman–Crippen LogP) is 6.72. The van der Waals surface area contributed by atoms with E-state index in [0.29, 0.717) is 47.0 Å². The van der Waals surface area contributed by atoms with Crippen molar-refractivity contribution in [3.05, 3.63) is 71.9 Å². The Morgan fingerprint density at radius 1 is 1.05 bits per heavy atom. The summed E-state index contributed by atoms with van der Waals surface area (Å²) in [5, 5.41) is 21.9. The zero-order valence-electron chi connectivity index (χ0n) is 23.4. The van der Waals surface area contributed by atoms with E-state index in [9.17, 15) is 19.0 Å². The topological polar surface area (TPSA) is 91.6 Å². The number of alkyl halides is 1. The zero-order valence-corrected chi connectivity index (χ0v) is 23.4. The smallest absolute Gasteiger partial charge is 0.317 e. The minimum Gasteiger partial charge on any atom is -0.508 e. The number of ether oxygens (including phenoxy) is 1. The fourth-order valence-corrected chi connectivity index (χ4v) is 6.84. The second kappa shape index (κ2) is 10.4. The Bertz CT molecular complexity index is 1900. The van der Waals surface area contributed by atoms with Crippen molar-refractivity contribution in [3.8, 4) is 40.0 Å². The number of phenolic OH excluding ortho intramolecular Hbond substituents is 2. The summed E-state index contributed by atoms with van der Waals surface area (Å²) < 4.78 is 52.0. The number of hydrogen-bond donors (Lipinski definition) is 2. The average Bonchev–Trinajstić information content (AvgIpc) is 3.51. The third-order valence-corrected chi connectivity index (χ3v) is 8.78. The van der Waals surface area contributed by atoms with Gasteiger partial charge in [0.25, 0.3) is 0 Å². The molecule has 10 heteroatoms. The Morgan fingerprint density at radius 3 is 2.72 bits per heavy atom. The summed E-state index contributed by atoms with van der Waals surface area (Å²) in [4.78, 5) is 15.6. The first kappa shape index (κ1) is 27.4. The Kier molecular flexibility index (Phi) is 6.61. The number of rotatable bonds is 6. The van der Waals surface area contributed by atoms with Crippen molar-refractivity contribution in [2.45, 2.75) is 44.3 Å². The van der Waals surface area contributed by atoms with Crippen LogP contribution in [0.2, 0.25) is 0 Å². The van der Waals surface area contributed by atoms with Gasteiger partial charge in [-0.3, -0.25) is 9.88 Å². The molecule has 2 aliphatic rings. The molecule has 3 aromatic carbocycles. The Hall–Kier alpha value is -4.44. The number of fused-ring (bicyclic) bond motifs is 3. The van der Waals surface area contributed by atoms with Crippen LogP contribution in [0.4, 0.5) is 13.2 Å². The van der Waals surface area contributed by atoms with Gasteiger partial charge in [0.2, 0.25) is 0 Å². The molecule has 0 saturated carbocycles. The van der Waals surface area contributed by atoms with Gasteiger partial charge < -0.3 is 14.9 Å². The maximum atomic E-state index is 16.6. The molecule has 2 atom stereocenters. The van der Waals surface area contributed by atoms with Crippen molar-refractivity contribution in [1.29, 1.82) is 0 Å². The Morgan fingerprint density at radius 2 is 1.91 bits per heavy atom. The monoisotopic (exact) mass is 586 g/mol. The standard InChI is InChI=1S/C33H29F3N4O3/c1-2-23-26(35)8-7-18-11-22(42)13-24(27(18)23)30-28(36)31-25(15-37-30)29(19-5-3-6-21(41)12-19)38-32(39-31)43-17-33-9-4-10-40(33)16-20(34)14-33/h3,5-8,11-13,15,20,41-42H,2,4,9-10,14,16-17H2,1H3/t20-,33+/m1/s1. The van der Waals surface area contributed by atoms with E-state index in [0.717, 1.165) is 19.4 Å². The van der Waals surface area contributed by atoms with E-state index >= 15 is 4.39 Å². The van der Waals surface area contributed by atoms with Crippen molar-refractivity contribution in [2.75, 3.05) is 19.7 Å². The molecule has 7 rings (SSSR count). The third kappa shape index (κ3) is 4.60. The highest BCUT2D eigenvalue weighted by molar-refractivity contribution is 6.02. The minimum atomic E-state index is -0.940. The van der Waals surface area contributed by atoms with E-state index in [1.807, 2.05) is 0 Å². The van der Waals surface area contributed by atoms with Crippen molar-refractivity contribution in [1.82, 2.24) is 19.9 Å². The molecule has 0 radical (unpaired) electrons. The molecule has 0 spiro atoms. The van der Waals surface area contributed by atoms with Gasteiger partial charge in [-0.05, 0) is 72.5 Å². The van der Waals surface area contributed by atoms with Gasteiger partial charge >= 0.3 is 6.01 Å². The second-order valence-electron chi connectivity index (χ2n) is 11.4. The van der Waals surface area contributed by atoms with Gasteiger partial charge in [-0.2, -0.15) is 9.97 Å². The van der Waals surface area contributed by atoms with E-state index in [1.54, 1.807) is 19.1 Å². The van der Waals surface area contributed by atoms with Crippen molar-refractivity contribution < 1.29 is 28.1 Å². The highest BCUT2D eigenvalue weighted by atomic mass is 19.1. The minimum absolute atomic E-state index is 0.00226. The molecule has 2 N–H and O–H groups in total. The van der Waals surface area contributed by atoms with Crippen LogP contribution in [0.5, 0.6) is 17.5 Å². The molecule has 0 amide bonds. The van der Waals surface area contributed by atoms with Gasteiger partial charge in [0.1, 0.15) is 41.3 Å². The second-order valence-corrected chi connectivity index (χ2v) is 11.4. The number of pyridine rings is 1. The Balaban J connectivity index is 1.41. The first-order valence-corrected chi connectivity index (χ1v) is 14.4. The molecule has 0 bridgehead atoms. The van der Waals surface area contributed by atoms with Crippen LogP contribution in [0.15, 0.2) is 54.7 Å². The molecule has 2 aliphatic heterocycles. The predicted molar refractivity (Wildman–Crippen MR) is 157 cm³/mol. The quantitative estimate of drug-likeness (QED) is 0.228. The fourth-order valence-electron chi connectivity index (χ4n) is 6.84. The lowest BCUT2D eigenvalue weighted by Gasteiger charge is -2.30. The number of hydrogen-bond acceptors (Lipinski definition) is 7. The fraction of sp³-hybridized carbons (Fsp3) is 0.303. The first-order valence-electron chi connectivity index (χ1n) is 14.4. The number of phenols is 2. The van der Waals surface area contributed by atoms with Crippen LogP contribution in [-0.2, 0) is 6.42 Å². The van der Waals surface area contributed by atoms with Gasteiger partial charge in [0, 0.05) is 35.7 Å². The van der Waals surface area contributed by atoms with E-state index < -0.39 is 23.3 Å². The molecule has 43 heavy (non-hydrogen) atoms. The maximum Gasteiger partial charge on any atom is 0.317 e. The number of aryl methyl sites for hydroxylation is 1. The van der Waals surface area contributed by atoms with Crippen LogP contribution in [-0.4, -0.2) is 61.5 Å². The largest absolute Gasteiger partial charge is 0.508 e. The SMILES string of the molecule is CCc1c(F)ccc2cc(O)cc(-c3ncc4c(-c5cccc(O)c5)nc(OC[C@@]56CCCN5C[C@H](F)C6)nc4c3F)c12. The van der Waals surface area contributed by atoms with E-state index in [2.05, 4.69) is 19.9 Å². The summed E-state index contributed by atoms with van der Waals surface area (Å²) in [6.07, 6.45) is 2.90. The summed E-state index contributed by atoms with van der Waals surface area (Å²) in [7, 11) is 0. The first-order chi connectivity index (χ1) is 20.8. The van der Waals surface area contributed by atoms with Crippen LogP contribution in [0, 0.1) is 11.6 Å². The molecule has 2 aromatic heterocycles. The Labute approximate surface area is 245 Å². The highest BCUT2D eigenvalue weighted by Gasteiger charge is 2.49. The zero-order chi connectivity index (χ0) is 29.9. The molecule has 0 aliphatic carbocycles. The van der Waals surface area contributed by atoms with Crippen molar-refractivity contribution in [3.63, 3.8) is 0 Å². The molecule has 5 aromatic rings. The van der Waals surface area contributed by atoms with Gasteiger partial charge in [-0.25, -0.2) is 13.2 Å². The van der Waals surface area contributed by atoms with Crippen molar-refractivity contribution in [2.24, 2.45) is 0 Å². The van der Waals surface area contributed by atoms with Gasteiger partial charge in [-0.15, -0.1) is 0 Å². The molecular weight excluding hydrogens is 557 g/mol. The van der Waals surface area contributed by atoms with Gasteiger partial charge in [0.05, 0.1) is 11.2 Å². The summed E-state index contributed by atoms with van der Waals surface area (Å²) in [6, 6.07) is 12.0. The normalized spacial score (nSPS) is 20.2. The van der Waals surface area contributed by atoms with Crippen LogP contribution in [0.1, 0.15) is 31.7 Å². The lowest BCUT2D eigenvalue weighted by Crippen LogP contribution is -2.43. The summed E-state index contributed by atoms with van der Waals surface area (Å²) in [6.45, 7) is 3.10. The number of aromatic nitrogens is 3. The van der Waals surface area contributed by atoms with Crippen LogP contribution in [0.3, 0.4) is 0 Å². The number of halogens is 3. The van der Waals surface area contributed by atoms with Crippen LogP contribution in [0.25, 0.3) is 44.2 Å². The number of benzene rings is 3. The maximum absolute atomic E-state index is 16.6. The molecular formula is C33H29F3N4O3. The molecule has 220 valence electrons. The molecule has 0 unspecified atom stereocenters. The van der Waals surface area contributed by atoms with Crippen LogP contribution < -0.4 is 4.74 Å². The summed E-state index contributed by atoms with van der Waals surface area (Å²) in [5.74, 6) is -1.35. The lowest BCUT2D eigenvalue weighted by molar-refractivity contribution is 0.107. The molecule has 2 fully saturated rings. The van der Waals surface area contributed by atoms with Gasteiger partial charge in [-0.1, -0.05) is 25.1 Å². The highest BCUT2D eigenvalue weighted by Crippen LogP contribution is 2.42. The van der Waals surface area contributed by atoms with E-state index in [-0.39, 0.29) is 46.3 Å². The summed E-state index contributed by atoms with van der Waals surface area (Å²) >= 11 is 0. The third-order valence-electron chi connectivity index (χ3n) is 8.78. The summed E-state index contributed by atoms with van der Waals surface area (Å²) in [5.41, 5.74) is 0.730. The number of aromatic hydroxyl groups is 2. The van der Waals surface area contributed by atoms with Gasteiger partial charge in [0.15, 0.2) is 5.82 Å². The molecule has 4 heterocycles. The molecule has 2 saturated heterocycles. The lowest BCUT2D eigenvalue weighted by atomic mass is 9.94. The number of nitrogens with zero attached hydrogens (tertiary/aromatic N) is 4.